The Morgan fingerprint density at radius 3 is 2.45 bits per heavy atom. The standard InChI is InChI=1S/C21H17N3O5/c25-18-8-11-20(24(27)28)17(12-18)13-22-23-21(26)14-29-19-9-6-16(7-10-19)15-4-2-1-3-5-15/h1-13,25H,14H2,(H,23,26). The van der Waals surface area contributed by atoms with E-state index >= 15 is 0 Å². The van der Waals surface area contributed by atoms with Crippen molar-refractivity contribution in [3.8, 4) is 22.6 Å². The van der Waals surface area contributed by atoms with Crippen molar-refractivity contribution >= 4 is 17.8 Å². The number of rotatable bonds is 7. The number of hydrogen-bond acceptors (Lipinski definition) is 6. The number of phenolic OH excluding ortho intramolecular Hbond substituents is 1. The molecule has 0 aliphatic heterocycles. The molecule has 0 saturated carbocycles. The molecule has 1 amide bonds. The van der Waals surface area contributed by atoms with Gasteiger partial charge in [0.15, 0.2) is 6.61 Å². The number of amides is 1. The Morgan fingerprint density at radius 2 is 1.76 bits per heavy atom. The van der Waals surface area contributed by atoms with Crippen LogP contribution in [0, 0.1) is 10.1 Å². The zero-order valence-corrected chi connectivity index (χ0v) is 15.2. The molecule has 3 aromatic rings. The van der Waals surface area contributed by atoms with Gasteiger partial charge in [-0.2, -0.15) is 5.10 Å². The zero-order valence-electron chi connectivity index (χ0n) is 15.2. The number of benzene rings is 3. The summed E-state index contributed by atoms with van der Waals surface area (Å²) in [5, 5.41) is 24.1. The van der Waals surface area contributed by atoms with E-state index in [0.29, 0.717) is 5.75 Å². The molecule has 3 rings (SSSR count). The molecular weight excluding hydrogens is 374 g/mol. The van der Waals surface area contributed by atoms with Crippen molar-refractivity contribution in [2.24, 2.45) is 5.10 Å². The average molecular weight is 391 g/mol. The van der Waals surface area contributed by atoms with Crippen LogP contribution < -0.4 is 10.2 Å². The van der Waals surface area contributed by atoms with E-state index in [2.05, 4.69) is 10.5 Å². The first-order valence-electron chi connectivity index (χ1n) is 8.60. The first kappa shape index (κ1) is 19.6. The van der Waals surface area contributed by atoms with Crippen molar-refractivity contribution in [1.29, 1.82) is 0 Å². The summed E-state index contributed by atoms with van der Waals surface area (Å²) in [6, 6.07) is 20.7. The highest BCUT2D eigenvalue weighted by Crippen LogP contribution is 2.22. The van der Waals surface area contributed by atoms with Crippen molar-refractivity contribution < 1.29 is 19.6 Å². The predicted octanol–water partition coefficient (Wildman–Crippen LogP) is 3.50. The summed E-state index contributed by atoms with van der Waals surface area (Å²) in [7, 11) is 0. The Bertz CT molecular complexity index is 1030. The Balaban J connectivity index is 1.53. The third kappa shape index (κ3) is 5.39. The molecule has 0 aromatic heterocycles. The second-order valence-corrected chi connectivity index (χ2v) is 5.97. The summed E-state index contributed by atoms with van der Waals surface area (Å²) in [5.74, 6) is -0.158. The fourth-order valence-electron chi connectivity index (χ4n) is 2.54. The molecule has 3 aromatic carbocycles. The van der Waals surface area contributed by atoms with Crippen molar-refractivity contribution in [2.45, 2.75) is 0 Å². The van der Waals surface area contributed by atoms with Gasteiger partial charge in [0.05, 0.1) is 16.7 Å². The lowest BCUT2D eigenvalue weighted by atomic mass is 10.1. The molecule has 8 heteroatoms. The first-order chi connectivity index (χ1) is 14.0. The van der Waals surface area contributed by atoms with Gasteiger partial charge in [0.25, 0.3) is 11.6 Å². The number of nitrogens with zero attached hydrogens (tertiary/aromatic N) is 2. The monoisotopic (exact) mass is 391 g/mol. The van der Waals surface area contributed by atoms with E-state index < -0.39 is 10.8 Å². The van der Waals surface area contributed by atoms with Crippen LogP contribution in [0.5, 0.6) is 11.5 Å². The lowest BCUT2D eigenvalue weighted by Crippen LogP contribution is -2.24. The lowest BCUT2D eigenvalue weighted by molar-refractivity contribution is -0.385. The normalized spacial score (nSPS) is 10.6. The van der Waals surface area contributed by atoms with Crippen molar-refractivity contribution in [1.82, 2.24) is 5.43 Å². The smallest absolute Gasteiger partial charge is 0.278 e. The highest BCUT2D eigenvalue weighted by atomic mass is 16.6. The van der Waals surface area contributed by atoms with Crippen LogP contribution in [0.3, 0.4) is 0 Å². The van der Waals surface area contributed by atoms with Crippen LogP contribution in [0.2, 0.25) is 0 Å². The zero-order chi connectivity index (χ0) is 20.6. The number of carbonyl (C=O) groups is 1. The maximum absolute atomic E-state index is 11.8. The van der Waals surface area contributed by atoms with E-state index in [1.807, 2.05) is 42.5 Å². The number of aromatic hydroxyl groups is 1. The minimum atomic E-state index is -0.606. The van der Waals surface area contributed by atoms with E-state index in [1.165, 1.54) is 12.1 Å². The van der Waals surface area contributed by atoms with Crippen LogP contribution in [0.25, 0.3) is 11.1 Å². The first-order valence-corrected chi connectivity index (χ1v) is 8.60. The second-order valence-electron chi connectivity index (χ2n) is 5.97. The quantitative estimate of drug-likeness (QED) is 0.363. The maximum Gasteiger partial charge on any atom is 0.278 e. The molecule has 2 N–H and O–H groups in total. The Hall–Kier alpha value is -4.20. The van der Waals surface area contributed by atoms with Gasteiger partial charge < -0.3 is 9.84 Å². The van der Waals surface area contributed by atoms with Crippen LogP contribution in [-0.2, 0) is 4.79 Å². The molecule has 0 atom stereocenters. The molecule has 29 heavy (non-hydrogen) atoms. The average Bonchev–Trinajstić information content (AvgIpc) is 2.73. The molecular formula is C21H17N3O5. The van der Waals surface area contributed by atoms with Gasteiger partial charge >= 0.3 is 0 Å². The van der Waals surface area contributed by atoms with Crippen molar-refractivity contribution in [3.05, 3.63) is 88.5 Å². The van der Waals surface area contributed by atoms with Gasteiger partial charge in [-0.3, -0.25) is 14.9 Å². The Kier molecular flexibility index (Phi) is 6.16. The van der Waals surface area contributed by atoms with Gasteiger partial charge in [-0.05, 0) is 35.4 Å². The maximum atomic E-state index is 11.8. The Morgan fingerprint density at radius 1 is 1.07 bits per heavy atom. The van der Waals surface area contributed by atoms with Gasteiger partial charge in [0.2, 0.25) is 0 Å². The number of hydrazone groups is 1. The number of ether oxygens (including phenoxy) is 1. The predicted molar refractivity (Wildman–Crippen MR) is 108 cm³/mol. The molecule has 0 spiro atoms. The number of nitrogens with one attached hydrogen (secondary N) is 1. The molecule has 0 heterocycles. The molecule has 0 aliphatic rings. The van der Waals surface area contributed by atoms with Gasteiger partial charge in [-0.15, -0.1) is 0 Å². The molecule has 0 saturated heterocycles. The van der Waals surface area contributed by atoms with E-state index in [-0.39, 0.29) is 23.6 Å². The van der Waals surface area contributed by atoms with E-state index in [0.717, 1.165) is 23.4 Å². The summed E-state index contributed by atoms with van der Waals surface area (Å²) >= 11 is 0. The minimum absolute atomic E-state index is 0.0627. The van der Waals surface area contributed by atoms with Gasteiger partial charge in [0, 0.05) is 6.07 Å². The molecule has 0 bridgehead atoms. The van der Waals surface area contributed by atoms with Crippen molar-refractivity contribution in [3.63, 3.8) is 0 Å². The third-order valence-electron chi connectivity index (χ3n) is 3.93. The van der Waals surface area contributed by atoms with Crippen molar-refractivity contribution in [2.75, 3.05) is 6.61 Å². The van der Waals surface area contributed by atoms with Crippen LogP contribution in [0.4, 0.5) is 5.69 Å². The van der Waals surface area contributed by atoms with E-state index in [9.17, 15) is 20.0 Å². The highest BCUT2D eigenvalue weighted by Gasteiger charge is 2.12. The summed E-state index contributed by atoms with van der Waals surface area (Å²) < 4.78 is 5.41. The topological polar surface area (TPSA) is 114 Å². The molecule has 0 aliphatic carbocycles. The second kappa shape index (κ2) is 9.14. The minimum Gasteiger partial charge on any atom is -0.508 e. The van der Waals surface area contributed by atoms with Gasteiger partial charge in [-0.25, -0.2) is 5.43 Å². The van der Waals surface area contributed by atoms with Gasteiger partial charge in [0.1, 0.15) is 11.5 Å². The summed E-state index contributed by atoms with van der Waals surface area (Å²) in [5.41, 5.74) is 4.15. The lowest BCUT2D eigenvalue weighted by Gasteiger charge is -2.06. The molecule has 0 radical (unpaired) electrons. The number of carbonyl (C=O) groups excluding carboxylic acids is 1. The fraction of sp³-hybridized carbons (Fsp3) is 0.0476. The van der Waals surface area contributed by atoms with Gasteiger partial charge in [-0.1, -0.05) is 42.5 Å². The molecule has 0 fully saturated rings. The number of hydrogen-bond donors (Lipinski definition) is 2. The SMILES string of the molecule is O=C(COc1ccc(-c2ccccc2)cc1)NN=Cc1cc(O)ccc1[N+](=O)[O-]. The van der Waals surface area contributed by atoms with Crippen LogP contribution in [0.15, 0.2) is 77.9 Å². The Labute approximate surface area is 166 Å². The number of nitro groups is 1. The highest BCUT2D eigenvalue weighted by molar-refractivity contribution is 5.87. The van der Waals surface area contributed by atoms with E-state index in [4.69, 9.17) is 4.74 Å². The molecule has 146 valence electrons. The fourth-order valence-corrected chi connectivity index (χ4v) is 2.54. The summed E-state index contributed by atoms with van der Waals surface area (Å²) in [6.45, 7) is -0.274. The molecule has 0 unspecified atom stereocenters. The summed E-state index contributed by atoms with van der Waals surface area (Å²) in [6.07, 6.45) is 1.09. The largest absolute Gasteiger partial charge is 0.508 e. The number of nitro benzene ring substituents is 1. The van der Waals surface area contributed by atoms with E-state index in [1.54, 1.807) is 12.1 Å². The third-order valence-corrected chi connectivity index (χ3v) is 3.93. The molecule has 8 nitrogen and oxygen atoms in total. The van der Waals surface area contributed by atoms with Crippen LogP contribution in [-0.4, -0.2) is 28.8 Å². The number of phenols is 1. The van der Waals surface area contributed by atoms with Crippen LogP contribution >= 0.6 is 0 Å². The van der Waals surface area contributed by atoms with Crippen LogP contribution in [0.1, 0.15) is 5.56 Å². The summed E-state index contributed by atoms with van der Waals surface area (Å²) in [4.78, 5) is 22.2.